The van der Waals surface area contributed by atoms with Gasteiger partial charge in [-0.3, -0.25) is 9.59 Å². The number of hydrogen-bond acceptors (Lipinski definition) is 4. The lowest BCUT2D eigenvalue weighted by atomic mass is 9.83. The third-order valence-corrected chi connectivity index (χ3v) is 6.31. The summed E-state index contributed by atoms with van der Waals surface area (Å²) < 4.78 is 11.1. The molecule has 0 aromatic heterocycles. The van der Waals surface area contributed by atoms with Crippen molar-refractivity contribution in [3.05, 3.63) is 0 Å². The zero-order valence-corrected chi connectivity index (χ0v) is 17.3. The van der Waals surface area contributed by atoms with Crippen LogP contribution in [0.3, 0.4) is 0 Å². The predicted molar refractivity (Wildman–Crippen MR) is 107 cm³/mol. The van der Waals surface area contributed by atoms with E-state index in [0.29, 0.717) is 31.1 Å². The normalized spacial score (nSPS) is 28.7. The third-order valence-electron chi connectivity index (χ3n) is 6.31. The van der Waals surface area contributed by atoms with E-state index in [4.69, 9.17) is 9.47 Å². The first-order valence-electron chi connectivity index (χ1n) is 11.0. The first-order valence-corrected chi connectivity index (χ1v) is 11.0. The monoisotopic (exact) mass is 381 g/mol. The Morgan fingerprint density at radius 3 is 2.15 bits per heavy atom. The topological polar surface area (TPSA) is 64.6 Å². The number of ether oxygens (including phenoxy) is 2. The quantitative estimate of drug-likeness (QED) is 0.552. The van der Waals surface area contributed by atoms with E-state index >= 15 is 0 Å². The fourth-order valence-electron chi connectivity index (χ4n) is 4.53. The van der Waals surface area contributed by atoms with Gasteiger partial charge in [0.25, 0.3) is 0 Å². The molecule has 0 radical (unpaired) electrons. The van der Waals surface area contributed by atoms with Crippen LogP contribution in [0.5, 0.6) is 0 Å². The zero-order chi connectivity index (χ0) is 19.5. The molecular weight excluding hydrogens is 342 g/mol. The minimum Gasteiger partial charge on any atom is -0.384 e. The van der Waals surface area contributed by atoms with Crippen molar-refractivity contribution in [3.63, 3.8) is 0 Å². The molecule has 2 saturated carbocycles. The first-order chi connectivity index (χ1) is 13.1. The molecule has 2 aliphatic rings. The largest absolute Gasteiger partial charge is 0.384 e. The van der Waals surface area contributed by atoms with Gasteiger partial charge in [-0.05, 0) is 69.6 Å². The van der Waals surface area contributed by atoms with Gasteiger partial charge in [-0.1, -0.05) is 6.92 Å². The van der Waals surface area contributed by atoms with Crippen LogP contribution in [0, 0.1) is 17.8 Å². The smallest absolute Gasteiger partial charge is 0.220 e. The molecule has 0 unspecified atom stereocenters. The Kier molecular flexibility index (Phi) is 10.4. The van der Waals surface area contributed by atoms with E-state index < -0.39 is 0 Å². The molecule has 5 heteroatoms. The van der Waals surface area contributed by atoms with E-state index in [-0.39, 0.29) is 17.9 Å². The van der Waals surface area contributed by atoms with Gasteiger partial charge in [-0.2, -0.15) is 0 Å². The van der Waals surface area contributed by atoms with Crippen molar-refractivity contribution < 1.29 is 19.1 Å². The fourth-order valence-corrected chi connectivity index (χ4v) is 4.53. The molecule has 0 bridgehead atoms. The van der Waals surface area contributed by atoms with Crippen molar-refractivity contribution in [2.75, 3.05) is 26.9 Å². The number of amides is 1. The average molecular weight is 382 g/mol. The van der Waals surface area contributed by atoms with E-state index in [1.54, 1.807) is 7.11 Å². The van der Waals surface area contributed by atoms with E-state index in [0.717, 1.165) is 51.2 Å². The maximum atomic E-state index is 12.1. The Hall–Kier alpha value is -0.940. The first kappa shape index (κ1) is 22.4. The minimum absolute atomic E-state index is 0.129. The summed E-state index contributed by atoms with van der Waals surface area (Å²) in [4.78, 5) is 23.9. The molecule has 0 saturated heterocycles. The van der Waals surface area contributed by atoms with Gasteiger partial charge in [0.2, 0.25) is 5.91 Å². The van der Waals surface area contributed by atoms with Crippen LogP contribution < -0.4 is 5.32 Å². The highest BCUT2D eigenvalue weighted by molar-refractivity contribution is 5.80. The highest BCUT2D eigenvalue weighted by atomic mass is 16.5. The van der Waals surface area contributed by atoms with Gasteiger partial charge in [0.15, 0.2) is 0 Å². The molecule has 2 aliphatic carbocycles. The maximum absolute atomic E-state index is 12.1. The zero-order valence-electron chi connectivity index (χ0n) is 17.3. The minimum atomic E-state index is 0.129. The standard InChI is InChI=1S/C22H39NO4/c1-3-21(24)19-10-12-20(13-11-19)23-22(25)5-4-14-27-16-18-8-6-17(7-9-18)15-26-2/h17-20H,3-16H2,1-2H3,(H,23,25). The maximum Gasteiger partial charge on any atom is 0.220 e. The highest BCUT2D eigenvalue weighted by Gasteiger charge is 2.26. The molecule has 1 amide bonds. The molecular formula is C22H39NO4. The molecule has 0 atom stereocenters. The summed E-state index contributed by atoms with van der Waals surface area (Å²) in [5, 5.41) is 3.14. The number of rotatable bonds is 11. The number of hydrogen-bond donors (Lipinski definition) is 1. The van der Waals surface area contributed by atoms with Crippen LogP contribution in [0.2, 0.25) is 0 Å². The van der Waals surface area contributed by atoms with Crippen molar-refractivity contribution >= 4 is 11.7 Å². The Morgan fingerprint density at radius 1 is 0.926 bits per heavy atom. The lowest BCUT2D eigenvalue weighted by Gasteiger charge is -2.28. The van der Waals surface area contributed by atoms with Gasteiger partial charge in [0.1, 0.15) is 5.78 Å². The third kappa shape index (κ3) is 8.30. The van der Waals surface area contributed by atoms with Gasteiger partial charge < -0.3 is 14.8 Å². The molecule has 2 fully saturated rings. The summed E-state index contributed by atoms with van der Waals surface area (Å²) in [6, 6.07) is 0.251. The highest BCUT2D eigenvalue weighted by Crippen LogP contribution is 2.29. The number of carbonyl (C=O) groups excluding carboxylic acids is 2. The molecule has 0 aromatic carbocycles. The second-order valence-electron chi connectivity index (χ2n) is 8.46. The number of nitrogens with one attached hydrogen (secondary N) is 1. The van der Waals surface area contributed by atoms with Crippen LogP contribution in [-0.2, 0) is 19.1 Å². The lowest BCUT2D eigenvalue weighted by Crippen LogP contribution is -2.38. The molecule has 0 heterocycles. The summed E-state index contributed by atoms with van der Waals surface area (Å²) in [5.74, 6) is 2.13. The molecule has 2 rings (SSSR count). The van der Waals surface area contributed by atoms with E-state index in [2.05, 4.69) is 5.32 Å². The summed E-state index contributed by atoms with van der Waals surface area (Å²) >= 11 is 0. The van der Waals surface area contributed by atoms with E-state index in [1.807, 2.05) is 6.92 Å². The molecule has 0 spiro atoms. The molecule has 156 valence electrons. The average Bonchev–Trinajstić information content (AvgIpc) is 2.69. The second-order valence-corrected chi connectivity index (χ2v) is 8.46. The van der Waals surface area contributed by atoms with Crippen LogP contribution in [0.15, 0.2) is 0 Å². The predicted octanol–water partition coefficient (Wildman–Crippen LogP) is 3.89. The van der Waals surface area contributed by atoms with E-state index in [1.165, 1.54) is 25.7 Å². The summed E-state index contributed by atoms with van der Waals surface area (Å²) in [6.07, 6.45) is 10.6. The Labute approximate surface area is 164 Å². The van der Waals surface area contributed by atoms with Gasteiger partial charge in [-0.25, -0.2) is 0 Å². The van der Waals surface area contributed by atoms with Gasteiger partial charge in [0, 0.05) is 51.7 Å². The molecule has 5 nitrogen and oxygen atoms in total. The molecule has 27 heavy (non-hydrogen) atoms. The van der Waals surface area contributed by atoms with Crippen LogP contribution >= 0.6 is 0 Å². The Bertz CT molecular complexity index is 438. The van der Waals surface area contributed by atoms with Gasteiger partial charge in [-0.15, -0.1) is 0 Å². The lowest BCUT2D eigenvalue weighted by molar-refractivity contribution is -0.124. The summed E-state index contributed by atoms with van der Waals surface area (Å²) in [7, 11) is 1.78. The second kappa shape index (κ2) is 12.5. The van der Waals surface area contributed by atoms with Crippen LogP contribution in [0.1, 0.15) is 77.6 Å². The Morgan fingerprint density at radius 2 is 1.56 bits per heavy atom. The van der Waals surface area contributed by atoms with Gasteiger partial charge >= 0.3 is 0 Å². The van der Waals surface area contributed by atoms with Crippen LogP contribution in [0.4, 0.5) is 0 Å². The summed E-state index contributed by atoms with van der Waals surface area (Å²) in [6.45, 7) is 4.32. The van der Waals surface area contributed by atoms with Crippen molar-refractivity contribution in [1.82, 2.24) is 5.32 Å². The van der Waals surface area contributed by atoms with Crippen molar-refractivity contribution in [2.24, 2.45) is 17.8 Å². The number of methoxy groups -OCH3 is 1. The number of carbonyl (C=O) groups is 2. The number of ketones is 1. The van der Waals surface area contributed by atoms with E-state index in [9.17, 15) is 9.59 Å². The molecule has 0 aliphatic heterocycles. The Balaban J connectivity index is 1.47. The van der Waals surface area contributed by atoms with Crippen LogP contribution in [-0.4, -0.2) is 44.7 Å². The SMILES string of the molecule is CCC(=O)C1CCC(NC(=O)CCCOCC2CCC(COC)CC2)CC1. The number of Topliss-reactive ketones (excluding diaryl/α,β-unsaturated/α-hetero) is 1. The molecule has 0 aromatic rings. The van der Waals surface area contributed by atoms with Crippen LogP contribution in [0.25, 0.3) is 0 Å². The van der Waals surface area contributed by atoms with Crippen molar-refractivity contribution in [1.29, 1.82) is 0 Å². The van der Waals surface area contributed by atoms with Gasteiger partial charge in [0.05, 0.1) is 0 Å². The molecule has 1 N–H and O–H groups in total. The summed E-state index contributed by atoms with van der Waals surface area (Å²) in [5.41, 5.74) is 0. The van der Waals surface area contributed by atoms with Crippen molar-refractivity contribution in [3.8, 4) is 0 Å². The van der Waals surface area contributed by atoms with Crippen molar-refractivity contribution in [2.45, 2.75) is 83.6 Å². The fraction of sp³-hybridized carbons (Fsp3) is 0.909.